The van der Waals surface area contributed by atoms with Crippen LogP contribution in [0.25, 0.3) is 0 Å². The van der Waals surface area contributed by atoms with E-state index in [4.69, 9.17) is 0 Å². The zero-order valence-corrected chi connectivity index (χ0v) is 15.1. The van der Waals surface area contributed by atoms with Crippen LogP contribution >= 0.6 is 0 Å². The summed E-state index contributed by atoms with van der Waals surface area (Å²) in [6.45, 7) is 4.00. The Hall–Kier alpha value is -2.18. The quantitative estimate of drug-likeness (QED) is 0.904. The van der Waals surface area contributed by atoms with Crippen molar-refractivity contribution in [1.29, 1.82) is 0 Å². The van der Waals surface area contributed by atoms with Gasteiger partial charge in [0.15, 0.2) is 0 Å². The first kappa shape index (κ1) is 18.2. The first-order chi connectivity index (χ1) is 11.2. The molecule has 0 saturated heterocycles. The lowest BCUT2D eigenvalue weighted by Gasteiger charge is -2.15. The van der Waals surface area contributed by atoms with Crippen LogP contribution in [0.2, 0.25) is 0 Å². The van der Waals surface area contributed by atoms with Gasteiger partial charge in [0, 0.05) is 26.2 Å². The van der Waals surface area contributed by atoms with Crippen molar-refractivity contribution >= 4 is 15.9 Å². The summed E-state index contributed by atoms with van der Waals surface area (Å²) in [4.78, 5) is 12.6. The number of carbonyl (C=O) groups excluding carboxylic acids is 1. The van der Waals surface area contributed by atoms with Crippen molar-refractivity contribution in [1.82, 2.24) is 9.62 Å². The molecule has 0 radical (unpaired) electrons. The predicted molar refractivity (Wildman–Crippen MR) is 94.4 cm³/mol. The van der Waals surface area contributed by atoms with Crippen LogP contribution in [0.5, 0.6) is 0 Å². The summed E-state index contributed by atoms with van der Waals surface area (Å²) in [5.74, 6) is -0.218. The summed E-state index contributed by atoms with van der Waals surface area (Å²) >= 11 is 0. The topological polar surface area (TPSA) is 66.5 Å². The standard InChI is InChI=1S/C18H22N2O3S/c1-13-9-10-16(14(2)11-13)18(21)19-12-15-7-5-6-8-17(15)24(22,23)20(3)4/h5-11H,12H2,1-4H3,(H,19,21). The van der Waals surface area contributed by atoms with Crippen LogP contribution in [0.4, 0.5) is 0 Å². The first-order valence-electron chi connectivity index (χ1n) is 7.59. The molecule has 1 N–H and O–H groups in total. The first-order valence-corrected chi connectivity index (χ1v) is 9.03. The van der Waals surface area contributed by atoms with E-state index in [0.29, 0.717) is 11.1 Å². The van der Waals surface area contributed by atoms with Crippen molar-refractivity contribution in [2.45, 2.75) is 25.3 Å². The van der Waals surface area contributed by atoms with Gasteiger partial charge in [0.2, 0.25) is 10.0 Å². The lowest BCUT2D eigenvalue weighted by Crippen LogP contribution is -2.27. The predicted octanol–water partition coefficient (Wildman–Crippen LogP) is 2.48. The summed E-state index contributed by atoms with van der Waals surface area (Å²) in [5.41, 5.74) is 3.13. The number of rotatable bonds is 5. The summed E-state index contributed by atoms with van der Waals surface area (Å²) in [7, 11) is -0.579. The largest absolute Gasteiger partial charge is 0.348 e. The average molecular weight is 346 g/mol. The van der Waals surface area contributed by atoms with E-state index >= 15 is 0 Å². The van der Waals surface area contributed by atoms with Crippen molar-refractivity contribution in [2.24, 2.45) is 0 Å². The molecule has 24 heavy (non-hydrogen) atoms. The molecule has 2 aromatic carbocycles. The Bertz CT molecular complexity index is 858. The smallest absolute Gasteiger partial charge is 0.251 e. The van der Waals surface area contributed by atoms with Crippen LogP contribution in [0, 0.1) is 13.8 Å². The van der Waals surface area contributed by atoms with Crippen LogP contribution in [0.15, 0.2) is 47.4 Å². The van der Waals surface area contributed by atoms with E-state index < -0.39 is 10.0 Å². The molecule has 0 aliphatic rings. The van der Waals surface area contributed by atoms with Crippen LogP contribution < -0.4 is 5.32 Å². The third kappa shape index (κ3) is 3.83. The molecule has 0 saturated carbocycles. The maximum atomic E-state index is 12.4. The van der Waals surface area contributed by atoms with Crippen molar-refractivity contribution in [3.63, 3.8) is 0 Å². The fourth-order valence-corrected chi connectivity index (χ4v) is 3.55. The summed E-state index contributed by atoms with van der Waals surface area (Å²) < 4.78 is 25.9. The maximum Gasteiger partial charge on any atom is 0.251 e. The molecule has 0 aliphatic carbocycles. The Morgan fingerprint density at radius 2 is 1.75 bits per heavy atom. The number of nitrogens with one attached hydrogen (secondary N) is 1. The highest BCUT2D eigenvalue weighted by Gasteiger charge is 2.21. The third-order valence-corrected chi connectivity index (χ3v) is 5.71. The van der Waals surface area contributed by atoms with Gasteiger partial charge in [-0.25, -0.2) is 12.7 Å². The lowest BCUT2D eigenvalue weighted by atomic mass is 10.1. The summed E-state index contributed by atoms with van der Waals surface area (Å²) in [5, 5.41) is 2.81. The zero-order valence-electron chi connectivity index (χ0n) is 14.3. The Morgan fingerprint density at radius 3 is 2.38 bits per heavy atom. The number of hydrogen-bond donors (Lipinski definition) is 1. The molecule has 2 rings (SSSR count). The molecule has 6 heteroatoms. The Labute approximate surface area is 143 Å². The van der Waals surface area contributed by atoms with Crippen LogP contribution in [-0.2, 0) is 16.6 Å². The lowest BCUT2D eigenvalue weighted by molar-refractivity contribution is 0.0950. The number of nitrogens with zero attached hydrogens (tertiary/aromatic N) is 1. The highest BCUT2D eigenvalue weighted by molar-refractivity contribution is 7.89. The third-order valence-electron chi connectivity index (χ3n) is 3.80. The molecule has 128 valence electrons. The van der Waals surface area contributed by atoms with E-state index in [-0.39, 0.29) is 17.3 Å². The average Bonchev–Trinajstić information content (AvgIpc) is 2.52. The second kappa shape index (κ2) is 7.15. The van der Waals surface area contributed by atoms with Crippen LogP contribution in [-0.4, -0.2) is 32.7 Å². The number of carbonyl (C=O) groups is 1. The van der Waals surface area contributed by atoms with Gasteiger partial charge in [0.1, 0.15) is 0 Å². The van der Waals surface area contributed by atoms with Crippen LogP contribution in [0.1, 0.15) is 27.0 Å². The highest BCUT2D eigenvalue weighted by atomic mass is 32.2. The maximum absolute atomic E-state index is 12.4. The fraction of sp³-hybridized carbons (Fsp3) is 0.278. The Kier molecular flexibility index (Phi) is 5.41. The van der Waals surface area contributed by atoms with E-state index in [1.807, 2.05) is 26.0 Å². The monoisotopic (exact) mass is 346 g/mol. The molecule has 0 bridgehead atoms. The molecule has 0 unspecified atom stereocenters. The SMILES string of the molecule is Cc1ccc(C(=O)NCc2ccccc2S(=O)(=O)N(C)C)c(C)c1. The number of aryl methyl sites for hydroxylation is 2. The normalized spacial score (nSPS) is 11.5. The molecule has 2 aromatic rings. The molecule has 5 nitrogen and oxygen atoms in total. The molecule has 0 spiro atoms. The van der Waals surface area contributed by atoms with E-state index in [1.165, 1.54) is 14.1 Å². The van der Waals surface area contributed by atoms with Crippen molar-refractivity contribution in [2.75, 3.05) is 14.1 Å². The van der Waals surface area contributed by atoms with E-state index in [1.54, 1.807) is 30.3 Å². The second-order valence-electron chi connectivity index (χ2n) is 5.90. The molecular weight excluding hydrogens is 324 g/mol. The van der Waals surface area contributed by atoms with Gasteiger partial charge in [-0.2, -0.15) is 0 Å². The Morgan fingerprint density at radius 1 is 1.08 bits per heavy atom. The van der Waals surface area contributed by atoms with E-state index in [0.717, 1.165) is 15.4 Å². The number of sulfonamides is 1. The molecule has 0 aliphatic heterocycles. The minimum absolute atomic E-state index is 0.148. The summed E-state index contributed by atoms with van der Waals surface area (Å²) in [6, 6.07) is 12.3. The van der Waals surface area contributed by atoms with Gasteiger partial charge in [0.25, 0.3) is 5.91 Å². The molecule has 1 amide bonds. The minimum Gasteiger partial charge on any atom is -0.348 e. The molecule has 0 atom stereocenters. The molecule has 0 aromatic heterocycles. The zero-order chi connectivity index (χ0) is 17.9. The van der Waals surface area contributed by atoms with Gasteiger partial charge in [-0.15, -0.1) is 0 Å². The van der Waals surface area contributed by atoms with Crippen molar-refractivity contribution in [3.05, 3.63) is 64.7 Å². The van der Waals surface area contributed by atoms with Gasteiger partial charge in [-0.3, -0.25) is 4.79 Å². The van der Waals surface area contributed by atoms with Gasteiger partial charge in [0.05, 0.1) is 4.90 Å². The van der Waals surface area contributed by atoms with Crippen LogP contribution in [0.3, 0.4) is 0 Å². The van der Waals surface area contributed by atoms with Gasteiger partial charge in [-0.1, -0.05) is 35.9 Å². The van der Waals surface area contributed by atoms with E-state index in [2.05, 4.69) is 5.32 Å². The van der Waals surface area contributed by atoms with Crippen molar-refractivity contribution in [3.8, 4) is 0 Å². The van der Waals surface area contributed by atoms with Gasteiger partial charge >= 0.3 is 0 Å². The van der Waals surface area contributed by atoms with E-state index in [9.17, 15) is 13.2 Å². The highest BCUT2D eigenvalue weighted by Crippen LogP contribution is 2.18. The van der Waals surface area contributed by atoms with Gasteiger partial charge < -0.3 is 5.32 Å². The fourth-order valence-electron chi connectivity index (χ4n) is 2.44. The Balaban J connectivity index is 2.23. The number of benzene rings is 2. The van der Waals surface area contributed by atoms with Gasteiger partial charge in [-0.05, 0) is 37.1 Å². The summed E-state index contributed by atoms with van der Waals surface area (Å²) in [6.07, 6.45) is 0. The minimum atomic E-state index is -3.55. The molecule has 0 heterocycles. The second-order valence-corrected chi connectivity index (χ2v) is 8.02. The van der Waals surface area contributed by atoms with Crippen molar-refractivity contribution < 1.29 is 13.2 Å². The molecule has 0 fully saturated rings. The molecular formula is C18H22N2O3S. The number of amides is 1. The number of hydrogen-bond acceptors (Lipinski definition) is 3.